The normalized spacial score (nSPS) is 14.4. The Hall–Kier alpha value is -3.46. The molecule has 1 saturated heterocycles. The quantitative estimate of drug-likeness (QED) is 0.705. The molecule has 1 aromatic heterocycles. The van der Waals surface area contributed by atoms with Crippen LogP contribution in [0.15, 0.2) is 48.5 Å². The molecule has 1 fully saturated rings. The van der Waals surface area contributed by atoms with Crippen LogP contribution in [0.1, 0.15) is 16.8 Å². The van der Waals surface area contributed by atoms with Crippen molar-refractivity contribution in [1.82, 2.24) is 9.88 Å². The van der Waals surface area contributed by atoms with Crippen LogP contribution in [0.3, 0.4) is 0 Å². The van der Waals surface area contributed by atoms with E-state index in [1.54, 1.807) is 18.2 Å². The van der Waals surface area contributed by atoms with Gasteiger partial charge < -0.3 is 9.80 Å². The van der Waals surface area contributed by atoms with Gasteiger partial charge in [-0.15, -0.1) is 0 Å². The average molecular weight is 374 g/mol. The fourth-order valence-electron chi connectivity index (χ4n) is 3.56. The van der Waals surface area contributed by atoms with E-state index in [0.29, 0.717) is 25.2 Å². The van der Waals surface area contributed by atoms with Crippen LogP contribution in [0.4, 0.5) is 10.1 Å². The molecule has 0 aliphatic carbocycles. The fraction of sp³-hybridized carbons (Fsp3) is 0.227. The molecule has 2 heterocycles. The first-order valence-electron chi connectivity index (χ1n) is 9.12. The Morgan fingerprint density at radius 2 is 1.93 bits per heavy atom. The second-order valence-corrected chi connectivity index (χ2v) is 6.99. The van der Waals surface area contributed by atoms with Crippen molar-refractivity contribution in [2.75, 3.05) is 24.5 Å². The van der Waals surface area contributed by atoms with Crippen LogP contribution >= 0.6 is 0 Å². The number of hydrogen-bond acceptors (Lipinski definition) is 4. The molecule has 28 heavy (non-hydrogen) atoms. The first-order chi connectivity index (χ1) is 13.5. The molecule has 4 rings (SSSR count). The van der Waals surface area contributed by atoms with Crippen LogP contribution in [-0.2, 0) is 11.3 Å². The Kier molecular flexibility index (Phi) is 4.66. The minimum absolute atomic E-state index is 0.0228. The lowest BCUT2D eigenvalue weighted by molar-refractivity contribution is -0.131. The number of piperazine rings is 1. The highest BCUT2D eigenvalue weighted by molar-refractivity contribution is 5.94. The molecule has 1 aliphatic heterocycles. The number of hydrogen-bond donors (Lipinski definition) is 0. The molecule has 0 spiro atoms. The van der Waals surface area contributed by atoms with Crippen molar-refractivity contribution < 1.29 is 9.18 Å². The molecule has 5 nitrogen and oxygen atoms in total. The molecule has 6 heteroatoms. The summed E-state index contributed by atoms with van der Waals surface area (Å²) in [5.74, 6) is -0.292. The summed E-state index contributed by atoms with van der Waals surface area (Å²) in [4.78, 5) is 21.0. The number of carbonyl (C=O) groups is 1. The van der Waals surface area contributed by atoms with E-state index in [9.17, 15) is 9.18 Å². The van der Waals surface area contributed by atoms with Crippen LogP contribution in [0.5, 0.6) is 0 Å². The number of aryl methyl sites for hydroxylation is 1. The largest absolute Gasteiger partial charge is 0.360 e. The number of rotatable bonds is 3. The summed E-state index contributed by atoms with van der Waals surface area (Å²) in [6.07, 6.45) is 0. The van der Waals surface area contributed by atoms with E-state index in [1.165, 1.54) is 12.1 Å². The number of halogens is 1. The van der Waals surface area contributed by atoms with E-state index < -0.39 is 0 Å². The number of benzene rings is 2. The molecular formula is C22H19FN4O. The minimum atomic E-state index is -0.315. The monoisotopic (exact) mass is 374 g/mol. The molecule has 1 amide bonds. The van der Waals surface area contributed by atoms with Crippen molar-refractivity contribution in [2.45, 2.75) is 13.5 Å². The van der Waals surface area contributed by atoms with Crippen molar-refractivity contribution in [2.24, 2.45) is 0 Å². The molecule has 0 unspecified atom stereocenters. The molecule has 0 atom stereocenters. The van der Waals surface area contributed by atoms with Gasteiger partial charge in [0.1, 0.15) is 5.82 Å². The Labute approximate surface area is 162 Å². The summed E-state index contributed by atoms with van der Waals surface area (Å²) in [5.41, 5.74) is 4.00. The minimum Gasteiger partial charge on any atom is -0.360 e. The molecular weight excluding hydrogens is 355 g/mol. The third kappa shape index (κ3) is 3.52. The zero-order valence-corrected chi connectivity index (χ0v) is 15.5. The summed E-state index contributed by atoms with van der Waals surface area (Å²) < 4.78 is 13.8. The molecule has 0 saturated carbocycles. The molecule has 140 valence electrons. The van der Waals surface area contributed by atoms with Gasteiger partial charge >= 0.3 is 0 Å². The number of nitrogens with zero attached hydrogens (tertiary/aromatic N) is 4. The lowest BCUT2D eigenvalue weighted by atomic mass is 10.1. The summed E-state index contributed by atoms with van der Waals surface area (Å²) in [6, 6.07) is 15.8. The fourth-order valence-corrected chi connectivity index (χ4v) is 3.56. The lowest BCUT2D eigenvalue weighted by Crippen LogP contribution is -2.50. The highest BCUT2D eigenvalue weighted by atomic mass is 19.1. The van der Waals surface area contributed by atoms with E-state index in [2.05, 4.69) is 11.1 Å². The lowest BCUT2D eigenvalue weighted by Gasteiger charge is -2.36. The number of carbonyl (C=O) groups excluding carboxylic acids is 1. The molecule has 3 aromatic rings. The maximum absolute atomic E-state index is 13.8. The Balaban J connectivity index is 1.54. The van der Waals surface area contributed by atoms with Gasteiger partial charge in [-0.05, 0) is 48.9 Å². The third-order valence-electron chi connectivity index (χ3n) is 4.99. The van der Waals surface area contributed by atoms with E-state index >= 15 is 0 Å². The standard InChI is InChI=1S/C22H19FN4O/c1-15-10-21(19-11-18(23)6-7-20(19)25-15)26-8-9-27(22(28)14-26)13-17-4-2-16(12-24)3-5-17/h2-7,10-11H,8-9,13-14H2,1H3. The summed E-state index contributed by atoms with van der Waals surface area (Å²) in [5, 5.41) is 9.61. The van der Waals surface area contributed by atoms with Gasteiger partial charge in [0.05, 0.1) is 23.7 Å². The van der Waals surface area contributed by atoms with Gasteiger partial charge in [-0.3, -0.25) is 9.78 Å². The van der Waals surface area contributed by atoms with Crippen molar-refractivity contribution >= 4 is 22.5 Å². The number of anilines is 1. The van der Waals surface area contributed by atoms with Crippen molar-refractivity contribution in [3.8, 4) is 6.07 Å². The highest BCUT2D eigenvalue weighted by Crippen LogP contribution is 2.28. The SMILES string of the molecule is Cc1cc(N2CCN(Cc3ccc(C#N)cc3)C(=O)C2)c2cc(F)ccc2n1. The number of pyridine rings is 1. The topological polar surface area (TPSA) is 60.2 Å². The first kappa shape index (κ1) is 17.9. The van der Waals surface area contributed by atoms with Crippen molar-refractivity contribution in [3.05, 3.63) is 71.2 Å². The molecule has 1 aliphatic rings. The number of aromatic nitrogens is 1. The summed E-state index contributed by atoms with van der Waals surface area (Å²) in [7, 11) is 0. The van der Waals surface area contributed by atoms with Gasteiger partial charge in [0.15, 0.2) is 0 Å². The zero-order chi connectivity index (χ0) is 19.7. The van der Waals surface area contributed by atoms with E-state index in [4.69, 9.17) is 5.26 Å². The second kappa shape index (κ2) is 7.28. The van der Waals surface area contributed by atoms with Crippen LogP contribution < -0.4 is 4.90 Å². The maximum Gasteiger partial charge on any atom is 0.242 e. The second-order valence-electron chi connectivity index (χ2n) is 6.99. The average Bonchev–Trinajstić information content (AvgIpc) is 2.70. The van der Waals surface area contributed by atoms with Crippen LogP contribution in [-0.4, -0.2) is 35.4 Å². The van der Waals surface area contributed by atoms with Gasteiger partial charge in [-0.25, -0.2) is 4.39 Å². The van der Waals surface area contributed by atoms with Crippen molar-refractivity contribution in [3.63, 3.8) is 0 Å². The Bertz CT molecular complexity index is 1090. The van der Waals surface area contributed by atoms with Crippen LogP contribution in [0, 0.1) is 24.1 Å². The Morgan fingerprint density at radius 3 is 2.64 bits per heavy atom. The smallest absolute Gasteiger partial charge is 0.242 e. The number of fused-ring (bicyclic) bond motifs is 1. The van der Waals surface area contributed by atoms with E-state index in [-0.39, 0.29) is 18.3 Å². The first-order valence-corrected chi connectivity index (χ1v) is 9.12. The van der Waals surface area contributed by atoms with Gasteiger partial charge in [-0.1, -0.05) is 12.1 Å². The third-order valence-corrected chi connectivity index (χ3v) is 4.99. The van der Waals surface area contributed by atoms with Gasteiger partial charge in [0, 0.05) is 36.4 Å². The summed E-state index contributed by atoms with van der Waals surface area (Å²) in [6.45, 7) is 3.90. The summed E-state index contributed by atoms with van der Waals surface area (Å²) >= 11 is 0. The molecule has 0 radical (unpaired) electrons. The van der Waals surface area contributed by atoms with Gasteiger partial charge in [0.25, 0.3) is 0 Å². The highest BCUT2D eigenvalue weighted by Gasteiger charge is 2.25. The van der Waals surface area contributed by atoms with E-state index in [0.717, 1.165) is 27.8 Å². The predicted molar refractivity (Wildman–Crippen MR) is 105 cm³/mol. The van der Waals surface area contributed by atoms with Crippen molar-refractivity contribution in [1.29, 1.82) is 5.26 Å². The molecule has 0 bridgehead atoms. The van der Waals surface area contributed by atoms with Crippen LogP contribution in [0.2, 0.25) is 0 Å². The van der Waals surface area contributed by atoms with Crippen LogP contribution in [0.25, 0.3) is 10.9 Å². The molecule has 0 N–H and O–H groups in total. The van der Waals surface area contributed by atoms with Gasteiger partial charge in [0.2, 0.25) is 5.91 Å². The number of nitriles is 1. The Morgan fingerprint density at radius 1 is 1.14 bits per heavy atom. The zero-order valence-electron chi connectivity index (χ0n) is 15.5. The maximum atomic E-state index is 13.8. The predicted octanol–water partition coefficient (Wildman–Crippen LogP) is 3.40. The number of amides is 1. The van der Waals surface area contributed by atoms with Gasteiger partial charge in [-0.2, -0.15) is 5.26 Å². The van der Waals surface area contributed by atoms with E-state index in [1.807, 2.05) is 34.9 Å². The molecule has 2 aromatic carbocycles.